The van der Waals surface area contributed by atoms with Gasteiger partial charge in [-0.3, -0.25) is 0 Å². The van der Waals surface area contributed by atoms with E-state index in [1.807, 2.05) is 13.0 Å². The van der Waals surface area contributed by atoms with Crippen LogP contribution in [0.15, 0.2) is 24.7 Å². The summed E-state index contributed by atoms with van der Waals surface area (Å²) in [4.78, 5) is 14.9. The number of nitrogen functional groups attached to an aromatic ring is 1. The van der Waals surface area contributed by atoms with Gasteiger partial charge in [0.25, 0.3) is 0 Å². The Morgan fingerprint density at radius 3 is 2.68 bits per heavy atom. The molecule has 0 atom stereocenters. The Hall–Kier alpha value is -2.65. The fraction of sp³-hybridized carbons (Fsp3) is 0.312. The molecule has 3 rings (SSSR count). The van der Waals surface area contributed by atoms with E-state index in [1.54, 1.807) is 18.6 Å². The molecule has 2 N–H and O–H groups in total. The molecule has 0 spiro atoms. The van der Waals surface area contributed by atoms with Crippen molar-refractivity contribution in [3.63, 3.8) is 0 Å². The first-order chi connectivity index (χ1) is 10.7. The van der Waals surface area contributed by atoms with Gasteiger partial charge in [-0.25, -0.2) is 15.0 Å². The van der Waals surface area contributed by atoms with Crippen LogP contribution < -0.4 is 10.6 Å². The van der Waals surface area contributed by atoms with Crippen LogP contribution in [0.2, 0.25) is 0 Å². The normalized spacial score (nSPS) is 14.3. The Bertz CT molecular complexity index is 712. The third kappa shape index (κ3) is 3.15. The van der Waals surface area contributed by atoms with Crippen LogP contribution in [0.3, 0.4) is 0 Å². The number of hydrogen-bond donors (Lipinski definition) is 1. The van der Waals surface area contributed by atoms with Gasteiger partial charge in [-0.05, 0) is 19.1 Å². The molecule has 0 radical (unpaired) electrons. The zero-order valence-electron chi connectivity index (χ0n) is 12.4. The molecule has 0 aromatic carbocycles. The molecule has 0 unspecified atom stereocenters. The van der Waals surface area contributed by atoms with Gasteiger partial charge in [0.1, 0.15) is 18.0 Å². The molecule has 0 bridgehead atoms. The van der Waals surface area contributed by atoms with E-state index in [-0.39, 0.29) is 0 Å². The summed E-state index contributed by atoms with van der Waals surface area (Å²) in [5.74, 6) is 7.63. The van der Waals surface area contributed by atoms with Crippen molar-refractivity contribution < 1.29 is 4.74 Å². The molecule has 2 aromatic heterocycles. The lowest BCUT2D eigenvalue weighted by molar-refractivity contribution is 0.122. The Kier molecular flexibility index (Phi) is 4.17. The van der Waals surface area contributed by atoms with Gasteiger partial charge in [-0.2, -0.15) is 0 Å². The van der Waals surface area contributed by atoms with Crippen molar-refractivity contribution in [3.8, 4) is 11.8 Å². The summed E-state index contributed by atoms with van der Waals surface area (Å²) < 4.78 is 5.39. The summed E-state index contributed by atoms with van der Waals surface area (Å²) in [7, 11) is 0. The minimum atomic E-state index is 0.485. The molecule has 112 valence electrons. The third-order valence-electron chi connectivity index (χ3n) is 3.45. The molecule has 1 fully saturated rings. The lowest BCUT2D eigenvalue weighted by Gasteiger charge is -2.28. The second kappa shape index (κ2) is 6.41. The highest BCUT2D eigenvalue weighted by atomic mass is 16.5. The Balaban J connectivity index is 1.94. The summed E-state index contributed by atoms with van der Waals surface area (Å²) >= 11 is 0. The number of anilines is 2. The number of nitrogens with two attached hydrogens (primary N) is 1. The van der Waals surface area contributed by atoms with Crippen molar-refractivity contribution >= 4 is 11.6 Å². The molecule has 1 aliphatic heterocycles. The van der Waals surface area contributed by atoms with Crippen LogP contribution in [0.5, 0.6) is 0 Å². The van der Waals surface area contributed by atoms with Gasteiger partial charge in [-0.15, -0.1) is 0 Å². The highest BCUT2D eigenvalue weighted by Gasteiger charge is 2.17. The largest absolute Gasteiger partial charge is 0.384 e. The number of hydrogen-bond acceptors (Lipinski definition) is 6. The Labute approximate surface area is 129 Å². The lowest BCUT2D eigenvalue weighted by atomic mass is 10.2. The number of morpholine rings is 1. The van der Waals surface area contributed by atoms with Gasteiger partial charge < -0.3 is 15.4 Å². The van der Waals surface area contributed by atoms with E-state index >= 15 is 0 Å². The van der Waals surface area contributed by atoms with Crippen LogP contribution in [0.25, 0.3) is 0 Å². The molecule has 1 aliphatic rings. The predicted octanol–water partition coefficient (Wildman–Crippen LogP) is 0.999. The van der Waals surface area contributed by atoms with Crippen molar-refractivity contribution in [3.05, 3.63) is 41.5 Å². The number of aromatic nitrogens is 3. The van der Waals surface area contributed by atoms with E-state index in [4.69, 9.17) is 10.5 Å². The number of nitrogens with zero attached hydrogens (tertiary/aromatic N) is 4. The maximum absolute atomic E-state index is 5.58. The standard InChI is InChI=1S/C16H17N5O/c1-12-14(4-2-13-3-5-15(17)18-10-13)16(20-11-19-12)21-6-8-22-9-7-21/h3,5,10-11H,6-9H2,1H3,(H2,17,18). The Morgan fingerprint density at radius 1 is 1.14 bits per heavy atom. The van der Waals surface area contributed by atoms with E-state index in [2.05, 4.69) is 31.7 Å². The van der Waals surface area contributed by atoms with Gasteiger partial charge in [0.05, 0.1) is 24.5 Å². The zero-order valence-corrected chi connectivity index (χ0v) is 12.4. The van der Waals surface area contributed by atoms with Crippen molar-refractivity contribution in [2.24, 2.45) is 0 Å². The first kappa shape index (κ1) is 14.3. The van der Waals surface area contributed by atoms with Gasteiger partial charge in [0.2, 0.25) is 0 Å². The third-order valence-corrected chi connectivity index (χ3v) is 3.45. The van der Waals surface area contributed by atoms with E-state index < -0.39 is 0 Å². The maximum atomic E-state index is 5.58. The van der Waals surface area contributed by atoms with Crippen LogP contribution in [-0.2, 0) is 4.74 Å². The SMILES string of the molecule is Cc1ncnc(N2CCOCC2)c1C#Cc1ccc(N)nc1. The smallest absolute Gasteiger partial charge is 0.148 e. The monoisotopic (exact) mass is 295 g/mol. The van der Waals surface area contributed by atoms with Crippen LogP contribution >= 0.6 is 0 Å². The van der Waals surface area contributed by atoms with Crippen LogP contribution in [0.4, 0.5) is 11.6 Å². The van der Waals surface area contributed by atoms with Crippen molar-refractivity contribution in [1.29, 1.82) is 0 Å². The quantitative estimate of drug-likeness (QED) is 0.791. The molecule has 1 saturated heterocycles. The van der Waals surface area contributed by atoms with Gasteiger partial charge in [0.15, 0.2) is 0 Å². The molecule has 22 heavy (non-hydrogen) atoms. The zero-order chi connectivity index (χ0) is 15.4. The molecule has 3 heterocycles. The summed E-state index contributed by atoms with van der Waals surface area (Å²) in [6.45, 7) is 4.98. The highest BCUT2D eigenvalue weighted by molar-refractivity contribution is 5.59. The minimum absolute atomic E-state index is 0.485. The molecular weight excluding hydrogens is 278 g/mol. The highest BCUT2D eigenvalue weighted by Crippen LogP contribution is 2.19. The summed E-state index contributed by atoms with van der Waals surface area (Å²) in [5, 5.41) is 0. The second-order valence-electron chi connectivity index (χ2n) is 4.98. The second-order valence-corrected chi connectivity index (χ2v) is 4.98. The molecular formula is C16H17N5O. The molecule has 6 heteroatoms. The Morgan fingerprint density at radius 2 is 1.95 bits per heavy atom. The number of rotatable bonds is 1. The first-order valence-corrected chi connectivity index (χ1v) is 7.12. The van der Waals surface area contributed by atoms with E-state index in [0.29, 0.717) is 19.0 Å². The van der Waals surface area contributed by atoms with Crippen molar-refractivity contribution in [2.75, 3.05) is 36.9 Å². The average Bonchev–Trinajstić information content (AvgIpc) is 2.56. The van der Waals surface area contributed by atoms with Crippen LogP contribution in [0.1, 0.15) is 16.8 Å². The van der Waals surface area contributed by atoms with E-state index in [1.165, 1.54) is 0 Å². The topological polar surface area (TPSA) is 77.2 Å². The predicted molar refractivity (Wildman–Crippen MR) is 84.4 cm³/mol. The summed E-state index contributed by atoms with van der Waals surface area (Å²) in [6, 6.07) is 3.59. The minimum Gasteiger partial charge on any atom is -0.384 e. The van der Waals surface area contributed by atoms with Crippen molar-refractivity contribution in [1.82, 2.24) is 15.0 Å². The average molecular weight is 295 g/mol. The number of pyridine rings is 1. The van der Waals surface area contributed by atoms with Crippen molar-refractivity contribution in [2.45, 2.75) is 6.92 Å². The van der Waals surface area contributed by atoms with Gasteiger partial charge in [-0.1, -0.05) is 11.8 Å². The van der Waals surface area contributed by atoms with E-state index in [9.17, 15) is 0 Å². The summed E-state index contributed by atoms with van der Waals surface area (Å²) in [6.07, 6.45) is 3.24. The summed E-state index contributed by atoms with van der Waals surface area (Å²) in [5.41, 5.74) is 8.11. The number of aryl methyl sites for hydroxylation is 1. The van der Waals surface area contributed by atoms with E-state index in [0.717, 1.165) is 35.7 Å². The lowest BCUT2D eigenvalue weighted by Crippen LogP contribution is -2.37. The fourth-order valence-corrected chi connectivity index (χ4v) is 2.24. The molecule has 0 aliphatic carbocycles. The fourth-order valence-electron chi connectivity index (χ4n) is 2.24. The molecule has 0 amide bonds. The van der Waals surface area contributed by atoms with Crippen LogP contribution in [-0.4, -0.2) is 41.3 Å². The molecule has 2 aromatic rings. The maximum Gasteiger partial charge on any atom is 0.148 e. The molecule has 0 saturated carbocycles. The number of ether oxygens (including phenoxy) is 1. The van der Waals surface area contributed by atoms with Crippen LogP contribution in [0, 0.1) is 18.8 Å². The van der Waals surface area contributed by atoms with Gasteiger partial charge in [0, 0.05) is 24.8 Å². The van der Waals surface area contributed by atoms with Gasteiger partial charge >= 0.3 is 0 Å². The first-order valence-electron chi connectivity index (χ1n) is 7.12. The molecule has 6 nitrogen and oxygen atoms in total.